The monoisotopic (exact) mass is 430 g/mol. The number of thioether (sulfide) groups is 1. The number of aryl methyl sites for hydroxylation is 2. The molecule has 5 rings (SSSR count). The maximum absolute atomic E-state index is 13.2. The van der Waals surface area contributed by atoms with Crippen molar-refractivity contribution < 1.29 is 14.1 Å². The van der Waals surface area contributed by atoms with Gasteiger partial charge in [0.05, 0.1) is 33.8 Å². The van der Waals surface area contributed by atoms with Gasteiger partial charge >= 0.3 is 0 Å². The first-order valence-corrected chi connectivity index (χ1v) is 10.7. The van der Waals surface area contributed by atoms with Crippen molar-refractivity contribution in [1.29, 1.82) is 0 Å². The molecule has 0 saturated carbocycles. The first-order chi connectivity index (χ1) is 15.0. The highest BCUT2D eigenvalue weighted by Crippen LogP contribution is 2.34. The first-order valence-electron chi connectivity index (χ1n) is 9.70. The van der Waals surface area contributed by atoms with Gasteiger partial charge in [0.1, 0.15) is 0 Å². The van der Waals surface area contributed by atoms with Crippen LogP contribution in [0.5, 0.6) is 0 Å². The predicted molar refractivity (Wildman–Crippen MR) is 120 cm³/mol. The zero-order valence-electron chi connectivity index (χ0n) is 16.9. The molecule has 4 aromatic rings. The standard InChI is InChI=1S/C23H18N4O3S/c1-12-3-5-14(6-4-12)17-10-16(21-13(2)27-30-23(21)26-17)22(29)24-15-7-8-19-18(9-15)25-20(28)11-31-19/h3-10H,11H2,1-2H3,(H,24,29)(H,25,28). The summed E-state index contributed by atoms with van der Waals surface area (Å²) in [6.07, 6.45) is 0. The topological polar surface area (TPSA) is 97.1 Å². The van der Waals surface area contributed by atoms with E-state index in [0.29, 0.717) is 45.2 Å². The van der Waals surface area contributed by atoms with Crippen LogP contribution in [0.1, 0.15) is 21.6 Å². The molecule has 154 valence electrons. The number of hydrogen-bond acceptors (Lipinski definition) is 6. The summed E-state index contributed by atoms with van der Waals surface area (Å²) in [5.74, 6) is 0.0314. The van der Waals surface area contributed by atoms with Crippen molar-refractivity contribution in [3.8, 4) is 11.3 Å². The summed E-state index contributed by atoms with van der Waals surface area (Å²) < 4.78 is 5.37. The Kier molecular flexibility index (Phi) is 4.71. The second kappa shape index (κ2) is 7.55. The molecule has 7 nitrogen and oxygen atoms in total. The molecule has 0 saturated heterocycles. The van der Waals surface area contributed by atoms with Crippen LogP contribution in [0, 0.1) is 13.8 Å². The van der Waals surface area contributed by atoms with Gasteiger partial charge in [-0.15, -0.1) is 11.8 Å². The third kappa shape index (κ3) is 3.66. The van der Waals surface area contributed by atoms with E-state index in [1.807, 2.05) is 43.3 Å². The van der Waals surface area contributed by atoms with E-state index in [1.54, 1.807) is 19.1 Å². The van der Waals surface area contributed by atoms with E-state index in [9.17, 15) is 9.59 Å². The van der Waals surface area contributed by atoms with Gasteiger partial charge in [-0.05, 0) is 38.1 Å². The number of aromatic nitrogens is 2. The van der Waals surface area contributed by atoms with Gasteiger partial charge in [0.15, 0.2) is 0 Å². The van der Waals surface area contributed by atoms with Crippen molar-refractivity contribution in [3.05, 3.63) is 65.4 Å². The van der Waals surface area contributed by atoms with Gasteiger partial charge in [0, 0.05) is 16.1 Å². The number of pyridine rings is 1. The number of anilines is 2. The maximum Gasteiger partial charge on any atom is 0.259 e. The van der Waals surface area contributed by atoms with Gasteiger partial charge in [-0.3, -0.25) is 9.59 Å². The Balaban J connectivity index is 1.53. The molecule has 0 fully saturated rings. The Morgan fingerprint density at radius 3 is 2.74 bits per heavy atom. The largest absolute Gasteiger partial charge is 0.335 e. The van der Waals surface area contributed by atoms with Crippen LogP contribution in [-0.2, 0) is 4.79 Å². The SMILES string of the molecule is Cc1ccc(-c2cc(C(=O)Nc3ccc4c(c3)NC(=O)CS4)c3c(C)noc3n2)cc1. The molecular weight excluding hydrogens is 412 g/mol. The number of carbonyl (C=O) groups excluding carboxylic acids is 2. The maximum atomic E-state index is 13.2. The molecule has 1 aliphatic rings. The molecule has 0 bridgehead atoms. The van der Waals surface area contributed by atoms with Crippen LogP contribution in [0.3, 0.4) is 0 Å². The van der Waals surface area contributed by atoms with Crippen molar-refractivity contribution in [2.75, 3.05) is 16.4 Å². The summed E-state index contributed by atoms with van der Waals surface area (Å²) in [4.78, 5) is 30.5. The number of rotatable bonds is 3. The van der Waals surface area contributed by atoms with Crippen LogP contribution in [0.2, 0.25) is 0 Å². The second-order valence-corrected chi connectivity index (χ2v) is 8.39. The van der Waals surface area contributed by atoms with E-state index in [2.05, 4.69) is 20.8 Å². The molecule has 3 heterocycles. The van der Waals surface area contributed by atoms with Crippen LogP contribution in [0.15, 0.2) is 57.9 Å². The van der Waals surface area contributed by atoms with Crippen LogP contribution in [0.4, 0.5) is 11.4 Å². The fourth-order valence-corrected chi connectivity index (χ4v) is 4.29. The number of nitrogens with zero attached hydrogens (tertiary/aromatic N) is 2. The summed E-state index contributed by atoms with van der Waals surface area (Å²) in [6, 6.07) is 15.1. The molecule has 0 aliphatic carbocycles. The highest BCUT2D eigenvalue weighted by Gasteiger charge is 2.21. The van der Waals surface area contributed by atoms with Crippen molar-refractivity contribution in [2.24, 2.45) is 0 Å². The van der Waals surface area contributed by atoms with Gasteiger partial charge in [-0.1, -0.05) is 35.0 Å². The van der Waals surface area contributed by atoms with Crippen LogP contribution in [0.25, 0.3) is 22.4 Å². The van der Waals surface area contributed by atoms with Gasteiger partial charge in [-0.2, -0.15) is 0 Å². The highest BCUT2D eigenvalue weighted by atomic mass is 32.2. The molecule has 8 heteroatoms. The Morgan fingerprint density at radius 1 is 1.13 bits per heavy atom. The van der Waals surface area contributed by atoms with Crippen LogP contribution >= 0.6 is 11.8 Å². The van der Waals surface area contributed by atoms with Gasteiger partial charge in [-0.25, -0.2) is 4.98 Å². The van der Waals surface area contributed by atoms with E-state index >= 15 is 0 Å². The molecule has 2 amide bonds. The average Bonchev–Trinajstić information content (AvgIpc) is 3.14. The number of benzene rings is 2. The normalized spacial score (nSPS) is 13.0. The zero-order valence-corrected chi connectivity index (χ0v) is 17.7. The fourth-order valence-electron chi connectivity index (χ4n) is 3.51. The first kappa shape index (κ1) is 19.3. The van der Waals surface area contributed by atoms with Crippen molar-refractivity contribution in [2.45, 2.75) is 18.7 Å². The number of hydrogen-bond donors (Lipinski definition) is 2. The van der Waals surface area contributed by atoms with Crippen molar-refractivity contribution >= 4 is 46.1 Å². The average molecular weight is 430 g/mol. The lowest BCUT2D eigenvalue weighted by atomic mass is 10.0. The molecule has 2 aromatic carbocycles. The van der Waals surface area contributed by atoms with Crippen molar-refractivity contribution in [1.82, 2.24) is 10.1 Å². The number of nitrogens with one attached hydrogen (secondary N) is 2. The summed E-state index contributed by atoms with van der Waals surface area (Å²) in [5, 5.41) is 10.3. The molecular formula is C23H18N4O3S. The second-order valence-electron chi connectivity index (χ2n) is 7.37. The smallest absolute Gasteiger partial charge is 0.259 e. The molecule has 1 aliphatic heterocycles. The third-order valence-electron chi connectivity index (χ3n) is 5.08. The Labute approximate surface area is 182 Å². The molecule has 0 atom stereocenters. The van der Waals surface area contributed by atoms with Crippen molar-refractivity contribution in [3.63, 3.8) is 0 Å². The summed E-state index contributed by atoms with van der Waals surface area (Å²) in [5.41, 5.74) is 5.26. The lowest BCUT2D eigenvalue weighted by Crippen LogP contribution is -2.19. The molecule has 0 radical (unpaired) electrons. The van der Waals surface area contributed by atoms with E-state index in [1.165, 1.54) is 11.8 Å². The minimum atomic E-state index is -0.304. The van der Waals surface area contributed by atoms with Crippen LogP contribution < -0.4 is 10.6 Å². The number of amides is 2. The van der Waals surface area contributed by atoms with E-state index in [4.69, 9.17) is 4.52 Å². The molecule has 2 N–H and O–H groups in total. The fraction of sp³-hybridized carbons (Fsp3) is 0.130. The number of carbonyl (C=O) groups is 2. The Hall–Kier alpha value is -3.65. The predicted octanol–water partition coefficient (Wildman–Crippen LogP) is 4.80. The lowest BCUT2D eigenvalue weighted by Gasteiger charge is -2.17. The summed E-state index contributed by atoms with van der Waals surface area (Å²) in [6.45, 7) is 3.79. The minimum absolute atomic E-state index is 0.0559. The quantitative estimate of drug-likeness (QED) is 0.484. The van der Waals surface area contributed by atoms with Gasteiger partial charge in [0.2, 0.25) is 5.91 Å². The third-order valence-corrected chi connectivity index (χ3v) is 6.15. The summed E-state index contributed by atoms with van der Waals surface area (Å²) in [7, 11) is 0. The zero-order chi connectivity index (χ0) is 21.5. The van der Waals surface area contributed by atoms with E-state index < -0.39 is 0 Å². The summed E-state index contributed by atoms with van der Waals surface area (Å²) >= 11 is 1.47. The van der Waals surface area contributed by atoms with Crippen LogP contribution in [-0.4, -0.2) is 27.7 Å². The highest BCUT2D eigenvalue weighted by molar-refractivity contribution is 8.00. The van der Waals surface area contributed by atoms with Gasteiger partial charge in [0.25, 0.3) is 11.6 Å². The molecule has 0 spiro atoms. The Bertz CT molecular complexity index is 1350. The molecule has 31 heavy (non-hydrogen) atoms. The van der Waals surface area contributed by atoms with E-state index in [0.717, 1.165) is 16.0 Å². The Morgan fingerprint density at radius 2 is 1.94 bits per heavy atom. The van der Waals surface area contributed by atoms with E-state index in [-0.39, 0.29) is 11.8 Å². The molecule has 0 unspecified atom stereocenters. The lowest BCUT2D eigenvalue weighted by molar-refractivity contribution is -0.113. The number of fused-ring (bicyclic) bond motifs is 2. The minimum Gasteiger partial charge on any atom is -0.335 e. The van der Waals surface area contributed by atoms with Gasteiger partial charge < -0.3 is 15.2 Å². The molecule has 2 aromatic heterocycles.